The number of amides is 2. The normalized spacial score (nSPS) is 15.7. The summed E-state index contributed by atoms with van der Waals surface area (Å²) in [6.45, 7) is 4.65. The summed E-state index contributed by atoms with van der Waals surface area (Å²) in [4.78, 5) is 29.0. The van der Waals surface area contributed by atoms with Gasteiger partial charge in [-0.1, -0.05) is 19.1 Å². The van der Waals surface area contributed by atoms with Gasteiger partial charge in [0.1, 0.15) is 12.3 Å². The van der Waals surface area contributed by atoms with E-state index in [9.17, 15) is 9.59 Å². The number of carbonyl (C=O) groups excluding carboxylic acids is 2. The first-order valence-electron chi connectivity index (χ1n) is 9.35. The minimum atomic E-state index is -0.232. The van der Waals surface area contributed by atoms with Gasteiger partial charge in [-0.2, -0.15) is 0 Å². The molecule has 3 rings (SSSR count). The summed E-state index contributed by atoms with van der Waals surface area (Å²) < 4.78 is 5.26. The third-order valence-corrected chi connectivity index (χ3v) is 6.15. The highest BCUT2D eigenvalue weighted by molar-refractivity contribution is 7.14. The van der Waals surface area contributed by atoms with E-state index in [4.69, 9.17) is 4.74 Å². The fourth-order valence-corrected chi connectivity index (χ4v) is 4.58. The number of benzene rings is 1. The van der Waals surface area contributed by atoms with Crippen molar-refractivity contribution in [1.82, 2.24) is 4.90 Å². The lowest BCUT2D eigenvalue weighted by Gasteiger charge is -2.20. The number of nitrogens with one attached hydrogen (secondary N) is 1. The van der Waals surface area contributed by atoms with Crippen LogP contribution in [0.3, 0.4) is 0 Å². The summed E-state index contributed by atoms with van der Waals surface area (Å²) in [7, 11) is 1.56. The third kappa shape index (κ3) is 4.50. The van der Waals surface area contributed by atoms with Gasteiger partial charge in [0.05, 0.1) is 17.7 Å². The number of aryl methyl sites for hydroxylation is 1. The first-order valence-corrected chi connectivity index (χ1v) is 10.2. The van der Waals surface area contributed by atoms with Crippen LogP contribution < -0.4 is 10.1 Å². The van der Waals surface area contributed by atoms with E-state index in [0.717, 1.165) is 17.7 Å². The molecule has 0 unspecified atom stereocenters. The van der Waals surface area contributed by atoms with Crippen LogP contribution in [0.5, 0.6) is 5.75 Å². The second kappa shape index (κ2) is 8.57. The van der Waals surface area contributed by atoms with Gasteiger partial charge in [0.25, 0.3) is 5.91 Å². The van der Waals surface area contributed by atoms with Crippen LogP contribution >= 0.6 is 11.3 Å². The topological polar surface area (TPSA) is 58.6 Å². The molecule has 0 spiro atoms. The molecule has 6 heteroatoms. The van der Waals surface area contributed by atoms with E-state index in [0.29, 0.717) is 23.9 Å². The number of fused-ring (bicyclic) bond motifs is 1. The van der Waals surface area contributed by atoms with Gasteiger partial charge < -0.3 is 15.0 Å². The Bertz CT molecular complexity index is 831. The molecule has 0 radical (unpaired) electrons. The standard InChI is InChI=1S/C21H26N2O3S/c1-4-23(13-20(24)22-16-7-5-6-8-17(16)26-3)21(25)19-12-15-11-14(2)9-10-18(15)27-19/h5-8,12,14H,4,9-11,13H2,1-3H3,(H,22,24)/t14-/m0/s1. The molecular formula is C21H26N2O3S. The second-order valence-electron chi connectivity index (χ2n) is 6.97. The molecule has 1 aliphatic carbocycles. The molecule has 0 bridgehead atoms. The van der Waals surface area contributed by atoms with Gasteiger partial charge in [0.15, 0.2) is 0 Å². The largest absolute Gasteiger partial charge is 0.495 e. The lowest BCUT2D eigenvalue weighted by Crippen LogP contribution is -2.37. The van der Waals surface area contributed by atoms with Crippen LogP contribution in [0.25, 0.3) is 0 Å². The van der Waals surface area contributed by atoms with Gasteiger partial charge in [0.2, 0.25) is 5.91 Å². The van der Waals surface area contributed by atoms with Crippen molar-refractivity contribution < 1.29 is 14.3 Å². The van der Waals surface area contributed by atoms with Crippen molar-refractivity contribution in [2.24, 2.45) is 5.92 Å². The number of anilines is 1. The van der Waals surface area contributed by atoms with Crippen molar-refractivity contribution in [2.45, 2.75) is 33.1 Å². The quantitative estimate of drug-likeness (QED) is 0.817. The van der Waals surface area contributed by atoms with Gasteiger partial charge in [-0.25, -0.2) is 0 Å². The Kier molecular flexibility index (Phi) is 6.16. The molecule has 1 heterocycles. The number of methoxy groups -OCH3 is 1. The Labute approximate surface area is 164 Å². The van der Waals surface area contributed by atoms with E-state index in [2.05, 4.69) is 12.2 Å². The number of ether oxygens (including phenoxy) is 1. The van der Waals surface area contributed by atoms with Gasteiger partial charge in [-0.05, 0) is 55.9 Å². The molecule has 1 aromatic carbocycles. The molecule has 2 aromatic rings. The minimum absolute atomic E-state index is 0.0202. The monoisotopic (exact) mass is 386 g/mol. The van der Waals surface area contributed by atoms with Crippen molar-refractivity contribution in [3.8, 4) is 5.75 Å². The maximum Gasteiger partial charge on any atom is 0.264 e. The van der Waals surface area contributed by atoms with Crippen LogP contribution in [0.15, 0.2) is 30.3 Å². The maximum atomic E-state index is 12.9. The fourth-order valence-electron chi connectivity index (χ4n) is 3.41. The van der Waals surface area contributed by atoms with E-state index in [1.54, 1.807) is 35.5 Å². The van der Waals surface area contributed by atoms with Crippen molar-refractivity contribution in [2.75, 3.05) is 25.5 Å². The molecule has 0 aliphatic heterocycles. The van der Waals surface area contributed by atoms with Crippen molar-refractivity contribution in [3.63, 3.8) is 0 Å². The van der Waals surface area contributed by atoms with Gasteiger partial charge in [0, 0.05) is 11.4 Å². The summed E-state index contributed by atoms with van der Waals surface area (Å²) in [5.41, 5.74) is 1.91. The molecule has 5 nitrogen and oxygen atoms in total. The van der Waals surface area contributed by atoms with E-state index in [1.165, 1.54) is 16.9 Å². The van der Waals surface area contributed by atoms with Gasteiger partial charge in [-0.15, -0.1) is 11.3 Å². The highest BCUT2D eigenvalue weighted by Gasteiger charge is 2.24. The van der Waals surface area contributed by atoms with Crippen molar-refractivity contribution >= 4 is 28.8 Å². The Morgan fingerprint density at radius 3 is 2.85 bits per heavy atom. The first-order chi connectivity index (χ1) is 13.0. The molecule has 0 saturated carbocycles. The number of hydrogen-bond acceptors (Lipinski definition) is 4. The summed E-state index contributed by atoms with van der Waals surface area (Å²) >= 11 is 1.58. The second-order valence-corrected chi connectivity index (χ2v) is 8.11. The molecule has 1 aliphatic rings. The summed E-state index contributed by atoms with van der Waals surface area (Å²) in [6, 6.07) is 9.27. The number of likely N-dealkylation sites (N-methyl/N-ethyl adjacent to an activating group) is 1. The summed E-state index contributed by atoms with van der Waals surface area (Å²) in [6.07, 6.45) is 3.27. The van der Waals surface area contributed by atoms with E-state index < -0.39 is 0 Å². The number of thiophene rings is 1. The average Bonchev–Trinajstić information content (AvgIpc) is 3.09. The SMILES string of the molecule is CCN(CC(=O)Nc1ccccc1OC)C(=O)c1cc2c(s1)CC[C@H](C)C2. The van der Waals surface area contributed by atoms with Crippen molar-refractivity contribution in [3.05, 3.63) is 45.6 Å². The van der Waals surface area contributed by atoms with Crippen LogP contribution in [0.1, 0.15) is 40.4 Å². The van der Waals surface area contributed by atoms with Gasteiger partial charge >= 0.3 is 0 Å². The van der Waals surface area contributed by atoms with Crippen LogP contribution in [0, 0.1) is 5.92 Å². The molecular weight excluding hydrogens is 360 g/mol. The first kappa shape index (κ1) is 19.4. The fraction of sp³-hybridized carbons (Fsp3) is 0.429. The smallest absolute Gasteiger partial charge is 0.264 e. The van der Waals surface area contributed by atoms with E-state index >= 15 is 0 Å². The van der Waals surface area contributed by atoms with E-state index in [1.807, 2.05) is 25.1 Å². The molecule has 27 heavy (non-hydrogen) atoms. The van der Waals surface area contributed by atoms with E-state index in [-0.39, 0.29) is 18.4 Å². The lowest BCUT2D eigenvalue weighted by atomic mass is 9.90. The number of rotatable bonds is 6. The number of hydrogen-bond donors (Lipinski definition) is 1. The third-order valence-electron chi connectivity index (χ3n) is 4.92. The number of carbonyl (C=O) groups is 2. The number of para-hydroxylation sites is 2. The average molecular weight is 387 g/mol. The Balaban J connectivity index is 1.68. The predicted molar refractivity (Wildman–Crippen MR) is 109 cm³/mol. The zero-order valence-corrected chi connectivity index (χ0v) is 16.9. The minimum Gasteiger partial charge on any atom is -0.495 e. The highest BCUT2D eigenvalue weighted by Crippen LogP contribution is 2.32. The zero-order chi connectivity index (χ0) is 19.4. The van der Waals surface area contributed by atoms with Crippen molar-refractivity contribution in [1.29, 1.82) is 0 Å². The highest BCUT2D eigenvalue weighted by atomic mass is 32.1. The predicted octanol–water partition coefficient (Wildman–Crippen LogP) is 3.98. The van der Waals surface area contributed by atoms with Crippen LogP contribution in [-0.2, 0) is 17.6 Å². The Hall–Kier alpha value is -2.34. The molecule has 1 atom stereocenters. The molecule has 0 fully saturated rings. The molecule has 144 valence electrons. The van der Waals surface area contributed by atoms with Gasteiger partial charge in [-0.3, -0.25) is 9.59 Å². The van der Waals surface area contributed by atoms with Crippen LogP contribution in [-0.4, -0.2) is 36.9 Å². The summed E-state index contributed by atoms with van der Waals surface area (Å²) in [5, 5.41) is 2.83. The molecule has 1 aromatic heterocycles. The Morgan fingerprint density at radius 1 is 1.33 bits per heavy atom. The lowest BCUT2D eigenvalue weighted by molar-refractivity contribution is -0.116. The zero-order valence-electron chi connectivity index (χ0n) is 16.1. The molecule has 0 saturated heterocycles. The van der Waals surface area contributed by atoms with Crippen LogP contribution in [0.2, 0.25) is 0 Å². The Morgan fingerprint density at radius 2 is 2.11 bits per heavy atom. The number of nitrogens with zero attached hydrogens (tertiary/aromatic N) is 1. The molecule has 1 N–H and O–H groups in total. The summed E-state index contributed by atoms with van der Waals surface area (Å²) in [5.74, 6) is 0.966. The molecule has 2 amide bonds. The maximum absolute atomic E-state index is 12.9. The van der Waals surface area contributed by atoms with Crippen LogP contribution in [0.4, 0.5) is 5.69 Å².